The lowest BCUT2D eigenvalue weighted by atomic mass is 10.3. The Morgan fingerprint density at radius 3 is 2.83 bits per heavy atom. The molecule has 120 valence electrons. The first-order chi connectivity index (χ1) is 11.0. The van der Waals surface area contributed by atoms with Crippen LogP contribution in [0, 0.1) is 13.8 Å². The number of benzene rings is 1. The maximum absolute atomic E-state index is 12.0. The molecule has 0 saturated heterocycles. The van der Waals surface area contributed by atoms with Crippen molar-refractivity contribution in [2.45, 2.75) is 26.8 Å². The Morgan fingerprint density at radius 2 is 2.13 bits per heavy atom. The van der Waals surface area contributed by atoms with Gasteiger partial charge in [0, 0.05) is 13.0 Å². The van der Waals surface area contributed by atoms with E-state index in [1.807, 2.05) is 38.1 Å². The van der Waals surface area contributed by atoms with Gasteiger partial charge in [0.15, 0.2) is 0 Å². The van der Waals surface area contributed by atoms with Gasteiger partial charge in [0.25, 0.3) is 0 Å². The summed E-state index contributed by atoms with van der Waals surface area (Å²) in [6, 6.07) is 7.86. The highest BCUT2D eigenvalue weighted by molar-refractivity contribution is 6.31. The molecule has 1 amide bonds. The molecular formula is C16H18ClN5O. The fraction of sp³-hybridized carbons (Fsp3) is 0.312. The van der Waals surface area contributed by atoms with Crippen LogP contribution in [0.25, 0.3) is 11.0 Å². The van der Waals surface area contributed by atoms with Gasteiger partial charge in [0.05, 0.1) is 27.4 Å². The molecule has 0 unspecified atom stereocenters. The van der Waals surface area contributed by atoms with Crippen LogP contribution in [-0.4, -0.2) is 32.2 Å². The summed E-state index contributed by atoms with van der Waals surface area (Å²) in [7, 11) is 0. The Bertz CT molecular complexity index is 818. The van der Waals surface area contributed by atoms with Gasteiger partial charge in [-0.2, -0.15) is 5.10 Å². The monoisotopic (exact) mass is 331 g/mol. The van der Waals surface area contributed by atoms with Crippen LogP contribution in [-0.2, 0) is 17.8 Å². The van der Waals surface area contributed by atoms with Gasteiger partial charge in [-0.25, -0.2) is 4.98 Å². The highest BCUT2D eigenvalue weighted by Gasteiger charge is 2.12. The zero-order valence-electron chi connectivity index (χ0n) is 13.1. The number of nitrogens with zero attached hydrogens (tertiary/aromatic N) is 3. The van der Waals surface area contributed by atoms with E-state index in [1.54, 1.807) is 4.68 Å². The van der Waals surface area contributed by atoms with Crippen molar-refractivity contribution in [3.63, 3.8) is 0 Å². The smallest absolute Gasteiger partial charge is 0.241 e. The second kappa shape index (κ2) is 6.42. The van der Waals surface area contributed by atoms with Crippen LogP contribution in [0.3, 0.4) is 0 Å². The van der Waals surface area contributed by atoms with Crippen molar-refractivity contribution in [3.05, 3.63) is 46.5 Å². The molecule has 0 saturated carbocycles. The third-order valence-corrected chi connectivity index (χ3v) is 4.26. The number of carbonyl (C=O) groups is 1. The van der Waals surface area contributed by atoms with E-state index in [4.69, 9.17) is 11.6 Å². The minimum Gasteiger partial charge on any atom is -0.354 e. The Kier molecular flexibility index (Phi) is 4.34. The van der Waals surface area contributed by atoms with Gasteiger partial charge in [-0.3, -0.25) is 9.48 Å². The molecule has 7 heteroatoms. The third-order valence-electron chi connectivity index (χ3n) is 3.71. The minimum absolute atomic E-state index is 0.0941. The van der Waals surface area contributed by atoms with Crippen molar-refractivity contribution < 1.29 is 4.79 Å². The number of amides is 1. The predicted octanol–water partition coefficient (Wildman–Crippen LogP) is 2.39. The van der Waals surface area contributed by atoms with Crippen LogP contribution >= 0.6 is 11.6 Å². The molecule has 0 aliphatic rings. The number of aromatic amines is 1. The van der Waals surface area contributed by atoms with E-state index in [2.05, 4.69) is 20.4 Å². The van der Waals surface area contributed by atoms with Gasteiger partial charge in [-0.05, 0) is 26.0 Å². The van der Waals surface area contributed by atoms with Gasteiger partial charge in [0.1, 0.15) is 12.4 Å². The fourth-order valence-electron chi connectivity index (χ4n) is 2.47. The number of H-pyrrole nitrogens is 1. The molecule has 0 radical (unpaired) electrons. The normalized spacial score (nSPS) is 11.1. The fourth-order valence-corrected chi connectivity index (χ4v) is 2.60. The Labute approximate surface area is 138 Å². The number of hydrogen-bond donors (Lipinski definition) is 2. The first-order valence-electron chi connectivity index (χ1n) is 7.44. The lowest BCUT2D eigenvalue weighted by Gasteiger charge is -2.06. The number of carbonyl (C=O) groups excluding carboxylic acids is 1. The Hall–Kier alpha value is -2.34. The van der Waals surface area contributed by atoms with E-state index in [9.17, 15) is 4.79 Å². The minimum atomic E-state index is -0.0941. The van der Waals surface area contributed by atoms with Crippen molar-refractivity contribution in [2.24, 2.45) is 0 Å². The van der Waals surface area contributed by atoms with Crippen LogP contribution in [0.1, 0.15) is 17.2 Å². The van der Waals surface area contributed by atoms with Crippen LogP contribution in [0.2, 0.25) is 5.02 Å². The number of halogens is 1. The van der Waals surface area contributed by atoms with E-state index in [0.717, 1.165) is 28.2 Å². The second-order valence-corrected chi connectivity index (χ2v) is 5.82. The summed E-state index contributed by atoms with van der Waals surface area (Å²) in [5, 5.41) is 7.74. The first kappa shape index (κ1) is 15.6. The number of hydrogen-bond acceptors (Lipinski definition) is 3. The van der Waals surface area contributed by atoms with E-state index in [-0.39, 0.29) is 12.5 Å². The predicted molar refractivity (Wildman–Crippen MR) is 89.5 cm³/mol. The Balaban J connectivity index is 1.53. The molecule has 2 heterocycles. The van der Waals surface area contributed by atoms with Crippen LogP contribution < -0.4 is 5.32 Å². The largest absolute Gasteiger partial charge is 0.354 e. The van der Waals surface area contributed by atoms with Gasteiger partial charge in [-0.15, -0.1) is 0 Å². The highest BCUT2D eigenvalue weighted by Crippen LogP contribution is 2.18. The molecule has 3 rings (SSSR count). The summed E-state index contributed by atoms with van der Waals surface area (Å²) in [5.74, 6) is 0.768. The average Bonchev–Trinajstić information content (AvgIpc) is 3.04. The van der Waals surface area contributed by atoms with Gasteiger partial charge < -0.3 is 10.3 Å². The highest BCUT2D eigenvalue weighted by atomic mass is 35.5. The molecule has 2 N–H and O–H groups in total. The summed E-state index contributed by atoms with van der Waals surface area (Å²) in [6.45, 7) is 4.36. The summed E-state index contributed by atoms with van der Waals surface area (Å²) in [5.41, 5.74) is 3.48. The zero-order valence-corrected chi connectivity index (χ0v) is 13.8. The number of imidazole rings is 1. The summed E-state index contributed by atoms with van der Waals surface area (Å²) < 4.78 is 1.62. The molecular weight excluding hydrogens is 314 g/mol. The number of rotatable bonds is 5. The third kappa shape index (κ3) is 3.37. The molecule has 1 aromatic carbocycles. The van der Waals surface area contributed by atoms with Crippen molar-refractivity contribution in [1.29, 1.82) is 0 Å². The van der Waals surface area contributed by atoms with Crippen molar-refractivity contribution in [3.8, 4) is 0 Å². The van der Waals surface area contributed by atoms with Gasteiger partial charge >= 0.3 is 0 Å². The maximum atomic E-state index is 12.0. The number of para-hydroxylation sites is 2. The second-order valence-electron chi connectivity index (χ2n) is 5.44. The van der Waals surface area contributed by atoms with E-state index in [0.29, 0.717) is 18.0 Å². The summed E-state index contributed by atoms with van der Waals surface area (Å²) in [6.07, 6.45) is 0.651. The molecule has 0 atom stereocenters. The van der Waals surface area contributed by atoms with Crippen LogP contribution in [0.4, 0.5) is 0 Å². The summed E-state index contributed by atoms with van der Waals surface area (Å²) >= 11 is 6.08. The lowest BCUT2D eigenvalue weighted by molar-refractivity contribution is -0.121. The standard InChI is InChI=1S/C16H18ClN5O/c1-10-16(17)11(2)22(21-10)9-15(23)18-8-7-14-19-12-5-3-4-6-13(12)20-14/h3-6H,7-9H2,1-2H3,(H,18,23)(H,19,20). The quantitative estimate of drug-likeness (QED) is 0.753. The van der Waals surface area contributed by atoms with E-state index in [1.165, 1.54) is 0 Å². The molecule has 0 bridgehead atoms. The molecule has 6 nitrogen and oxygen atoms in total. The number of aromatic nitrogens is 4. The van der Waals surface area contributed by atoms with Crippen molar-refractivity contribution >= 4 is 28.5 Å². The van der Waals surface area contributed by atoms with Crippen molar-refractivity contribution in [2.75, 3.05) is 6.54 Å². The van der Waals surface area contributed by atoms with Crippen LogP contribution in [0.5, 0.6) is 0 Å². The number of aryl methyl sites for hydroxylation is 1. The number of fused-ring (bicyclic) bond motifs is 1. The molecule has 23 heavy (non-hydrogen) atoms. The van der Waals surface area contributed by atoms with Gasteiger partial charge in [-0.1, -0.05) is 23.7 Å². The molecule has 2 aromatic heterocycles. The Morgan fingerprint density at radius 1 is 1.35 bits per heavy atom. The number of nitrogens with one attached hydrogen (secondary N) is 2. The SMILES string of the molecule is Cc1nn(CC(=O)NCCc2nc3ccccc3[nH]2)c(C)c1Cl. The lowest BCUT2D eigenvalue weighted by Crippen LogP contribution is -2.30. The molecule has 0 aliphatic carbocycles. The van der Waals surface area contributed by atoms with E-state index >= 15 is 0 Å². The molecule has 0 spiro atoms. The molecule has 0 aliphatic heterocycles. The van der Waals surface area contributed by atoms with E-state index < -0.39 is 0 Å². The van der Waals surface area contributed by atoms with Gasteiger partial charge in [0.2, 0.25) is 5.91 Å². The first-order valence-corrected chi connectivity index (χ1v) is 7.82. The maximum Gasteiger partial charge on any atom is 0.241 e. The topological polar surface area (TPSA) is 75.6 Å². The average molecular weight is 332 g/mol. The van der Waals surface area contributed by atoms with Crippen LogP contribution in [0.15, 0.2) is 24.3 Å². The van der Waals surface area contributed by atoms with Crippen molar-refractivity contribution in [1.82, 2.24) is 25.1 Å². The zero-order chi connectivity index (χ0) is 16.4. The molecule has 0 fully saturated rings. The summed E-state index contributed by atoms with van der Waals surface area (Å²) in [4.78, 5) is 19.7. The molecule has 3 aromatic rings.